The molecule has 1 aromatic heterocycles. The van der Waals surface area contributed by atoms with Gasteiger partial charge in [0.15, 0.2) is 5.69 Å². The lowest BCUT2D eigenvalue weighted by Crippen LogP contribution is -2.30. The maximum absolute atomic E-state index is 12.2. The molecule has 2 N–H and O–H groups in total. The van der Waals surface area contributed by atoms with Crippen LogP contribution in [0.3, 0.4) is 0 Å². The number of amides is 1. The minimum atomic E-state index is -5.02. The van der Waals surface area contributed by atoms with E-state index in [-0.39, 0.29) is 22.2 Å². The zero-order chi connectivity index (χ0) is 14.9. The van der Waals surface area contributed by atoms with Crippen molar-refractivity contribution >= 4 is 28.3 Å². The molecule has 2 aromatic rings. The minimum Gasteiger partial charge on any atom is -0.476 e. The third kappa shape index (κ3) is 2.53. The van der Waals surface area contributed by atoms with Gasteiger partial charge in [0.1, 0.15) is 0 Å². The number of aromatic carboxylic acids is 1. The topological polar surface area (TPSA) is 79.3 Å². The Morgan fingerprint density at radius 3 is 2.45 bits per heavy atom. The zero-order valence-corrected chi connectivity index (χ0v) is 9.73. The van der Waals surface area contributed by atoms with Crippen LogP contribution in [0.5, 0.6) is 0 Å². The standard InChI is InChI=1S/C12H7F3N2O3/c13-12(14,15)11(20)17-8-3-1-2-7-6(8)4-5-16-9(7)10(18)19/h1-5H,(H,17,20)(H,18,19). The van der Waals surface area contributed by atoms with Crippen molar-refractivity contribution in [3.05, 3.63) is 36.2 Å². The molecule has 0 aliphatic rings. The van der Waals surface area contributed by atoms with Crippen LogP contribution in [-0.4, -0.2) is 28.1 Å². The maximum Gasteiger partial charge on any atom is 0.471 e. The molecule has 0 saturated heterocycles. The molecule has 2 rings (SSSR count). The van der Waals surface area contributed by atoms with Gasteiger partial charge in [0, 0.05) is 22.7 Å². The number of rotatable bonds is 2. The number of nitrogens with one attached hydrogen (secondary N) is 1. The van der Waals surface area contributed by atoms with Crippen molar-refractivity contribution in [1.29, 1.82) is 0 Å². The number of aromatic nitrogens is 1. The first kappa shape index (κ1) is 13.8. The Morgan fingerprint density at radius 1 is 1.15 bits per heavy atom. The average molecular weight is 284 g/mol. The summed E-state index contributed by atoms with van der Waals surface area (Å²) in [5.41, 5.74) is -0.430. The van der Waals surface area contributed by atoms with Crippen molar-refractivity contribution in [3.63, 3.8) is 0 Å². The second-order valence-electron chi connectivity index (χ2n) is 3.82. The van der Waals surface area contributed by atoms with Crippen LogP contribution < -0.4 is 5.32 Å². The molecule has 1 aromatic carbocycles. The predicted octanol–water partition coefficient (Wildman–Crippen LogP) is 2.43. The lowest BCUT2D eigenvalue weighted by atomic mass is 10.1. The van der Waals surface area contributed by atoms with Gasteiger partial charge in [-0.15, -0.1) is 0 Å². The minimum absolute atomic E-state index is 0.130. The van der Waals surface area contributed by atoms with Crippen molar-refractivity contribution < 1.29 is 27.9 Å². The summed E-state index contributed by atoms with van der Waals surface area (Å²) in [6, 6.07) is 5.31. The van der Waals surface area contributed by atoms with Gasteiger partial charge >= 0.3 is 18.1 Å². The molecule has 0 atom stereocenters. The molecule has 1 amide bonds. The molecular formula is C12H7F3N2O3. The molecular weight excluding hydrogens is 277 g/mol. The highest BCUT2D eigenvalue weighted by atomic mass is 19.4. The quantitative estimate of drug-likeness (QED) is 0.887. The molecule has 1 heterocycles. The summed E-state index contributed by atoms with van der Waals surface area (Å²) in [6.45, 7) is 0. The van der Waals surface area contributed by atoms with E-state index >= 15 is 0 Å². The molecule has 0 unspecified atom stereocenters. The molecule has 0 radical (unpaired) electrons. The molecule has 0 bridgehead atoms. The number of benzene rings is 1. The lowest BCUT2D eigenvalue weighted by Gasteiger charge is -2.11. The summed E-state index contributed by atoms with van der Waals surface area (Å²) < 4.78 is 36.7. The summed E-state index contributed by atoms with van der Waals surface area (Å²) in [6.07, 6.45) is -3.88. The van der Waals surface area contributed by atoms with Gasteiger partial charge in [-0.2, -0.15) is 13.2 Å². The Bertz CT molecular complexity index is 698. The zero-order valence-electron chi connectivity index (χ0n) is 9.73. The molecule has 104 valence electrons. The average Bonchev–Trinajstić information content (AvgIpc) is 2.37. The third-order valence-electron chi connectivity index (χ3n) is 2.51. The second kappa shape index (κ2) is 4.80. The van der Waals surface area contributed by atoms with Gasteiger partial charge in [-0.05, 0) is 12.1 Å². The molecule has 5 nitrogen and oxygen atoms in total. The largest absolute Gasteiger partial charge is 0.476 e. The van der Waals surface area contributed by atoms with Gasteiger partial charge < -0.3 is 10.4 Å². The summed E-state index contributed by atoms with van der Waals surface area (Å²) in [4.78, 5) is 25.5. The number of pyridine rings is 1. The Morgan fingerprint density at radius 2 is 1.85 bits per heavy atom. The molecule has 0 aliphatic carbocycles. The monoisotopic (exact) mass is 284 g/mol. The first-order valence-corrected chi connectivity index (χ1v) is 5.30. The van der Waals surface area contributed by atoms with E-state index in [1.807, 2.05) is 0 Å². The summed E-state index contributed by atoms with van der Waals surface area (Å²) in [5.74, 6) is -3.44. The van der Waals surface area contributed by atoms with E-state index in [1.165, 1.54) is 24.3 Å². The van der Waals surface area contributed by atoms with Crippen LogP contribution in [0.2, 0.25) is 0 Å². The smallest absolute Gasteiger partial charge is 0.471 e. The number of halogens is 3. The fraction of sp³-hybridized carbons (Fsp3) is 0.0833. The number of hydrogen-bond donors (Lipinski definition) is 2. The number of carbonyl (C=O) groups is 2. The summed E-state index contributed by atoms with van der Waals surface area (Å²) in [5, 5.41) is 11.0. The van der Waals surface area contributed by atoms with E-state index in [1.54, 1.807) is 5.32 Å². The van der Waals surface area contributed by atoms with Crippen molar-refractivity contribution in [2.75, 3.05) is 5.32 Å². The Kier molecular flexibility index (Phi) is 3.31. The molecule has 20 heavy (non-hydrogen) atoms. The number of alkyl halides is 3. The van der Waals surface area contributed by atoms with Gasteiger partial charge in [0.2, 0.25) is 0 Å². The molecule has 0 aliphatic heterocycles. The van der Waals surface area contributed by atoms with Crippen LogP contribution in [0.25, 0.3) is 10.8 Å². The van der Waals surface area contributed by atoms with Crippen LogP contribution in [0.4, 0.5) is 18.9 Å². The molecule has 0 fully saturated rings. The van der Waals surface area contributed by atoms with E-state index in [9.17, 15) is 22.8 Å². The summed E-state index contributed by atoms with van der Waals surface area (Å²) >= 11 is 0. The Labute approximate surface area is 110 Å². The van der Waals surface area contributed by atoms with Gasteiger partial charge in [-0.3, -0.25) is 4.79 Å². The highest BCUT2D eigenvalue weighted by Gasteiger charge is 2.38. The number of carboxylic acid groups (broad SMARTS) is 1. The highest BCUT2D eigenvalue weighted by Crippen LogP contribution is 2.27. The van der Waals surface area contributed by atoms with Crippen molar-refractivity contribution in [2.24, 2.45) is 0 Å². The van der Waals surface area contributed by atoms with E-state index in [0.29, 0.717) is 0 Å². The number of carbonyl (C=O) groups excluding carboxylic acids is 1. The molecule has 0 spiro atoms. The second-order valence-corrected chi connectivity index (χ2v) is 3.82. The number of fused-ring (bicyclic) bond motifs is 1. The highest BCUT2D eigenvalue weighted by molar-refractivity contribution is 6.09. The van der Waals surface area contributed by atoms with Crippen molar-refractivity contribution in [3.8, 4) is 0 Å². The van der Waals surface area contributed by atoms with Gasteiger partial charge in [0.25, 0.3) is 0 Å². The van der Waals surface area contributed by atoms with E-state index in [0.717, 1.165) is 6.20 Å². The van der Waals surface area contributed by atoms with Gasteiger partial charge in [0.05, 0.1) is 0 Å². The summed E-state index contributed by atoms with van der Waals surface area (Å²) in [7, 11) is 0. The molecule has 0 saturated carbocycles. The van der Waals surface area contributed by atoms with Crippen LogP contribution in [-0.2, 0) is 4.79 Å². The van der Waals surface area contributed by atoms with Gasteiger partial charge in [-0.1, -0.05) is 12.1 Å². The SMILES string of the molecule is O=C(O)c1nccc2c(NC(=O)C(F)(F)F)cccc12. The van der Waals surface area contributed by atoms with Crippen LogP contribution in [0.1, 0.15) is 10.5 Å². The van der Waals surface area contributed by atoms with Crippen molar-refractivity contribution in [2.45, 2.75) is 6.18 Å². The predicted molar refractivity (Wildman–Crippen MR) is 63.4 cm³/mol. The normalized spacial score (nSPS) is 11.3. The van der Waals surface area contributed by atoms with Crippen LogP contribution >= 0.6 is 0 Å². The van der Waals surface area contributed by atoms with E-state index < -0.39 is 18.1 Å². The Balaban J connectivity index is 2.54. The third-order valence-corrected chi connectivity index (χ3v) is 2.51. The first-order valence-electron chi connectivity index (χ1n) is 5.30. The lowest BCUT2D eigenvalue weighted by molar-refractivity contribution is -0.167. The Hall–Kier alpha value is -2.64. The van der Waals surface area contributed by atoms with E-state index in [4.69, 9.17) is 5.11 Å². The number of anilines is 1. The van der Waals surface area contributed by atoms with E-state index in [2.05, 4.69) is 4.98 Å². The number of nitrogens with zero attached hydrogens (tertiary/aromatic N) is 1. The van der Waals surface area contributed by atoms with Crippen LogP contribution in [0, 0.1) is 0 Å². The fourth-order valence-electron chi connectivity index (χ4n) is 1.68. The first-order chi connectivity index (χ1) is 9.30. The van der Waals surface area contributed by atoms with Gasteiger partial charge in [-0.25, -0.2) is 9.78 Å². The van der Waals surface area contributed by atoms with Crippen molar-refractivity contribution in [1.82, 2.24) is 4.98 Å². The molecule has 8 heteroatoms. The number of hydrogen-bond acceptors (Lipinski definition) is 3. The number of carboxylic acids is 1. The fourth-order valence-corrected chi connectivity index (χ4v) is 1.68. The maximum atomic E-state index is 12.2. The van der Waals surface area contributed by atoms with Crippen LogP contribution in [0.15, 0.2) is 30.5 Å².